The molecule has 12 heavy (non-hydrogen) atoms. The fourth-order valence-electron chi connectivity index (χ4n) is 0.793. The largest absolute Gasteiger partial charge is 0.296 e. The maximum Gasteiger partial charge on any atom is 0.262 e. The molecule has 1 aromatic carbocycles. The first-order valence-corrected chi connectivity index (χ1v) is 4.94. The molecular weight excluding hydrogens is 194 g/mol. The molecule has 0 unspecified atom stereocenters. The molecule has 0 aromatic heterocycles. The number of hydrogen-bond donors (Lipinski definition) is 1. The second kappa shape index (κ2) is 4.38. The van der Waals surface area contributed by atoms with Crippen molar-refractivity contribution in [1.29, 1.82) is 0 Å². The Morgan fingerprint density at radius 3 is 2.75 bits per heavy atom. The van der Waals surface area contributed by atoms with Crippen molar-refractivity contribution in [3.05, 3.63) is 34.9 Å². The van der Waals surface area contributed by atoms with Crippen LogP contribution < -0.4 is 4.72 Å². The molecule has 0 heterocycles. The molecule has 0 saturated carbocycles. The lowest BCUT2D eigenvalue weighted by Crippen LogP contribution is -2.15. The zero-order chi connectivity index (χ0) is 8.97. The second-order valence-corrected chi connectivity index (χ2v) is 3.13. The minimum Gasteiger partial charge on any atom is -0.296 e. The van der Waals surface area contributed by atoms with E-state index in [-0.39, 0.29) is 5.91 Å². The Morgan fingerprint density at radius 2 is 2.17 bits per heavy atom. The normalized spacial score (nSPS) is 9.50. The van der Waals surface area contributed by atoms with Crippen LogP contribution in [0.25, 0.3) is 0 Å². The van der Waals surface area contributed by atoms with E-state index in [2.05, 4.69) is 4.72 Å². The summed E-state index contributed by atoms with van der Waals surface area (Å²) in [6.45, 7) is 0. The van der Waals surface area contributed by atoms with Gasteiger partial charge in [0, 0.05) is 6.26 Å². The summed E-state index contributed by atoms with van der Waals surface area (Å²) in [5, 5.41) is 0.476. The molecule has 2 nitrogen and oxygen atoms in total. The summed E-state index contributed by atoms with van der Waals surface area (Å²) in [5.74, 6) is -0.159. The molecule has 0 radical (unpaired) electrons. The molecule has 1 rings (SSSR count). The summed E-state index contributed by atoms with van der Waals surface area (Å²) in [6.07, 6.45) is 1.79. The standard InChI is InChI=1S/C8H8ClNOS/c1-12-10-8(11)6-4-2-3-5-7(6)9/h2-5H,1H3,(H,10,11). The summed E-state index contributed by atoms with van der Waals surface area (Å²) in [5.41, 5.74) is 0.508. The van der Waals surface area contributed by atoms with E-state index >= 15 is 0 Å². The van der Waals surface area contributed by atoms with Crippen LogP contribution in [0.15, 0.2) is 24.3 Å². The molecule has 64 valence electrons. The quantitative estimate of drug-likeness (QED) is 0.745. The highest BCUT2D eigenvalue weighted by Crippen LogP contribution is 2.14. The number of rotatable bonds is 2. The average Bonchev–Trinajstić information content (AvgIpc) is 2.05. The van der Waals surface area contributed by atoms with Crippen LogP contribution in [0, 0.1) is 0 Å². The van der Waals surface area contributed by atoms with E-state index in [1.165, 1.54) is 11.9 Å². The summed E-state index contributed by atoms with van der Waals surface area (Å²) in [7, 11) is 0. The highest BCUT2D eigenvalue weighted by molar-refractivity contribution is 7.97. The van der Waals surface area contributed by atoms with Gasteiger partial charge in [-0.1, -0.05) is 35.7 Å². The zero-order valence-electron chi connectivity index (χ0n) is 6.50. The van der Waals surface area contributed by atoms with Crippen LogP contribution in [0.2, 0.25) is 5.02 Å². The lowest BCUT2D eigenvalue weighted by Gasteiger charge is -2.01. The molecule has 0 spiro atoms. The fraction of sp³-hybridized carbons (Fsp3) is 0.125. The van der Waals surface area contributed by atoms with E-state index < -0.39 is 0 Å². The lowest BCUT2D eigenvalue weighted by molar-refractivity contribution is 0.0984. The number of benzene rings is 1. The topological polar surface area (TPSA) is 29.1 Å². The smallest absolute Gasteiger partial charge is 0.262 e. The van der Waals surface area contributed by atoms with Gasteiger partial charge in [0.05, 0.1) is 10.6 Å². The van der Waals surface area contributed by atoms with Gasteiger partial charge in [-0.25, -0.2) is 0 Å². The minimum atomic E-state index is -0.159. The molecule has 1 aromatic rings. The molecule has 0 bridgehead atoms. The highest BCUT2D eigenvalue weighted by Gasteiger charge is 2.07. The van der Waals surface area contributed by atoms with Crippen LogP contribution in [0.5, 0.6) is 0 Å². The van der Waals surface area contributed by atoms with Gasteiger partial charge in [-0.15, -0.1) is 0 Å². The molecule has 0 aliphatic rings. The van der Waals surface area contributed by atoms with Gasteiger partial charge in [-0.3, -0.25) is 9.52 Å². The van der Waals surface area contributed by atoms with Gasteiger partial charge in [-0.05, 0) is 12.1 Å². The van der Waals surface area contributed by atoms with Gasteiger partial charge < -0.3 is 0 Å². The Hall–Kier alpha value is -0.670. The summed E-state index contributed by atoms with van der Waals surface area (Å²) in [4.78, 5) is 11.2. The Bertz CT molecular complexity index is 290. The highest BCUT2D eigenvalue weighted by atomic mass is 35.5. The number of carbonyl (C=O) groups is 1. The third-order valence-electron chi connectivity index (χ3n) is 1.31. The van der Waals surface area contributed by atoms with E-state index in [1.54, 1.807) is 30.5 Å². The van der Waals surface area contributed by atoms with E-state index in [9.17, 15) is 4.79 Å². The van der Waals surface area contributed by atoms with Crippen LogP contribution in [0.1, 0.15) is 10.4 Å². The van der Waals surface area contributed by atoms with E-state index in [1.807, 2.05) is 0 Å². The number of nitrogens with one attached hydrogen (secondary N) is 1. The van der Waals surface area contributed by atoms with Crippen LogP contribution in [0.3, 0.4) is 0 Å². The molecule has 0 fully saturated rings. The first-order valence-electron chi connectivity index (χ1n) is 3.33. The molecule has 1 N–H and O–H groups in total. The number of halogens is 1. The summed E-state index contributed by atoms with van der Waals surface area (Å²) < 4.78 is 2.60. The van der Waals surface area contributed by atoms with Crippen molar-refractivity contribution < 1.29 is 4.79 Å². The molecule has 0 atom stereocenters. The first-order chi connectivity index (χ1) is 5.75. The predicted octanol–water partition coefficient (Wildman–Crippen LogP) is 2.35. The second-order valence-electron chi connectivity index (χ2n) is 2.12. The molecule has 1 amide bonds. The first kappa shape index (κ1) is 9.42. The third-order valence-corrected chi connectivity index (χ3v) is 2.03. The molecule has 0 saturated heterocycles. The van der Waals surface area contributed by atoms with Crippen LogP contribution in [-0.4, -0.2) is 12.2 Å². The lowest BCUT2D eigenvalue weighted by atomic mass is 10.2. The third kappa shape index (κ3) is 2.16. The van der Waals surface area contributed by atoms with Gasteiger partial charge >= 0.3 is 0 Å². The monoisotopic (exact) mass is 201 g/mol. The Kier molecular flexibility index (Phi) is 3.44. The molecular formula is C8H8ClNOS. The molecule has 0 aliphatic carbocycles. The Balaban J connectivity index is 2.87. The van der Waals surface area contributed by atoms with Gasteiger partial charge in [-0.2, -0.15) is 0 Å². The maximum absolute atomic E-state index is 11.2. The van der Waals surface area contributed by atoms with Crippen LogP contribution >= 0.6 is 23.5 Å². The number of hydrogen-bond acceptors (Lipinski definition) is 2. The Labute approximate surface area is 80.4 Å². The van der Waals surface area contributed by atoms with Crippen molar-refractivity contribution in [3.63, 3.8) is 0 Å². The van der Waals surface area contributed by atoms with Crippen molar-refractivity contribution in [2.24, 2.45) is 0 Å². The predicted molar refractivity (Wildman–Crippen MR) is 52.4 cm³/mol. The van der Waals surface area contributed by atoms with Gasteiger partial charge in [0.25, 0.3) is 5.91 Å². The summed E-state index contributed by atoms with van der Waals surface area (Å²) in [6, 6.07) is 6.95. The van der Waals surface area contributed by atoms with Crippen molar-refractivity contribution >= 4 is 29.5 Å². The maximum atomic E-state index is 11.2. The number of amides is 1. The SMILES string of the molecule is CSNC(=O)c1ccccc1Cl. The summed E-state index contributed by atoms with van der Waals surface area (Å²) >= 11 is 7.04. The van der Waals surface area contributed by atoms with Crippen molar-refractivity contribution in [2.75, 3.05) is 6.26 Å². The van der Waals surface area contributed by atoms with Crippen molar-refractivity contribution in [1.82, 2.24) is 4.72 Å². The average molecular weight is 202 g/mol. The Morgan fingerprint density at radius 1 is 1.50 bits per heavy atom. The van der Waals surface area contributed by atoms with Gasteiger partial charge in [0.15, 0.2) is 0 Å². The van der Waals surface area contributed by atoms with E-state index in [0.717, 1.165) is 0 Å². The van der Waals surface area contributed by atoms with Crippen LogP contribution in [-0.2, 0) is 0 Å². The van der Waals surface area contributed by atoms with E-state index in [4.69, 9.17) is 11.6 Å². The van der Waals surface area contributed by atoms with Gasteiger partial charge in [0.2, 0.25) is 0 Å². The van der Waals surface area contributed by atoms with E-state index in [0.29, 0.717) is 10.6 Å². The number of carbonyl (C=O) groups excluding carboxylic acids is 1. The fourth-order valence-corrected chi connectivity index (χ4v) is 1.31. The van der Waals surface area contributed by atoms with Crippen molar-refractivity contribution in [3.8, 4) is 0 Å². The molecule has 0 aliphatic heterocycles. The van der Waals surface area contributed by atoms with Gasteiger partial charge in [0.1, 0.15) is 0 Å². The zero-order valence-corrected chi connectivity index (χ0v) is 8.08. The minimum absolute atomic E-state index is 0.159. The van der Waals surface area contributed by atoms with Crippen LogP contribution in [0.4, 0.5) is 0 Å². The van der Waals surface area contributed by atoms with Crippen molar-refractivity contribution in [2.45, 2.75) is 0 Å². The molecule has 4 heteroatoms.